The van der Waals surface area contributed by atoms with E-state index in [2.05, 4.69) is 59.9 Å². The Balaban J connectivity index is 1.70. The summed E-state index contributed by atoms with van der Waals surface area (Å²) in [4.78, 5) is 0. The van der Waals surface area contributed by atoms with Crippen molar-refractivity contribution in [3.05, 3.63) is 71.3 Å². The largest absolute Gasteiger partial charge is 0.380 e. The predicted octanol–water partition coefficient (Wildman–Crippen LogP) is 3.17. The molecule has 0 heterocycles. The van der Waals surface area contributed by atoms with E-state index in [4.69, 9.17) is 4.74 Å². The minimum Gasteiger partial charge on any atom is -0.380 e. The first-order valence-electron chi connectivity index (χ1n) is 6.70. The SMILES string of the molecule is COCc1ccc(CNCCc2ccccc2)cc1. The second-order valence-electron chi connectivity index (χ2n) is 4.66. The maximum absolute atomic E-state index is 5.10. The lowest BCUT2D eigenvalue weighted by molar-refractivity contribution is 0.185. The number of benzene rings is 2. The standard InChI is InChI=1S/C17H21NO/c1-19-14-17-9-7-16(8-10-17)13-18-12-11-15-5-3-2-4-6-15/h2-10,18H,11-14H2,1H3. The molecule has 19 heavy (non-hydrogen) atoms. The van der Waals surface area contributed by atoms with Crippen LogP contribution in [0.3, 0.4) is 0 Å². The molecule has 0 saturated carbocycles. The van der Waals surface area contributed by atoms with Crippen LogP contribution in [0.2, 0.25) is 0 Å². The minimum absolute atomic E-state index is 0.682. The van der Waals surface area contributed by atoms with Crippen LogP contribution in [0.25, 0.3) is 0 Å². The van der Waals surface area contributed by atoms with Gasteiger partial charge in [-0.2, -0.15) is 0 Å². The molecule has 1 N–H and O–H groups in total. The number of nitrogens with one attached hydrogen (secondary N) is 1. The Kier molecular flexibility index (Phi) is 5.60. The van der Waals surface area contributed by atoms with E-state index in [0.29, 0.717) is 6.61 Å². The summed E-state index contributed by atoms with van der Waals surface area (Å²) in [6.45, 7) is 2.60. The first-order chi connectivity index (χ1) is 9.38. The molecule has 0 saturated heterocycles. The lowest BCUT2D eigenvalue weighted by Crippen LogP contribution is -2.16. The Bertz CT molecular complexity index is 464. The first-order valence-corrected chi connectivity index (χ1v) is 6.70. The van der Waals surface area contributed by atoms with Crippen LogP contribution >= 0.6 is 0 Å². The zero-order chi connectivity index (χ0) is 13.3. The van der Waals surface area contributed by atoms with Gasteiger partial charge in [0.25, 0.3) is 0 Å². The number of methoxy groups -OCH3 is 1. The van der Waals surface area contributed by atoms with Crippen LogP contribution in [0.1, 0.15) is 16.7 Å². The third-order valence-electron chi connectivity index (χ3n) is 3.10. The van der Waals surface area contributed by atoms with Gasteiger partial charge in [0.15, 0.2) is 0 Å². The van der Waals surface area contributed by atoms with E-state index >= 15 is 0 Å². The van der Waals surface area contributed by atoms with Gasteiger partial charge in [-0.3, -0.25) is 0 Å². The van der Waals surface area contributed by atoms with Crippen molar-refractivity contribution < 1.29 is 4.74 Å². The van der Waals surface area contributed by atoms with Gasteiger partial charge in [0.05, 0.1) is 6.61 Å². The average Bonchev–Trinajstić information content (AvgIpc) is 2.47. The van der Waals surface area contributed by atoms with Gasteiger partial charge in [0, 0.05) is 13.7 Å². The fraction of sp³-hybridized carbons (Fsp3) is 0.294. The first kappa shape index (κ1) is 13.8. The number of rotatable bonds is 7. The van der Waals surface area contributed by atoms with Gasteiger partial charge in [-0.1, -0.05) is 54.6 Å². The molecule has 2 rings (SSSR count). The third-order valence-corrected chi connectivity index (χ3v) is 3.10. The highest BCUT2D eigenvalue weighted by Gasteiger charge is 1.95. The monoisotopic (exact) mass is 255 g/mol. The molecular formula is C17H21NO. The lowest BCUT2D eigenvalue weighted by Gasteiger charge is -2.06. The van der Waals surface area contributed by atoms with Crippen molar-refractivity contribution >= 4 is 0 Å². The summed E-state index contributed by atoms with van der Waals surface area (Å²) in [7, 11) is 1.72. The Morgan fingerprint density at radius 3 is 2.21 bits per heavy atom. The molecule has 0 aromatic heterocycles. The average molecular weight is 255 g/mol. The summed E-state index contributed by atoms with van der Waals surface area (Å²) in [5.74, 6) is 0. The highest BCUT2D eigenvalue weighted by Crippen LogP contribution is 2.05. The van der Waals surface area contributed by atoms with E-state index in [-0.39, 0.29) is 0 Å². The van der Waals surface area contributed by atoms with Crippen molar-refractivity contribution in [3.8, 4) is 0 Å². The fourth-order valence-electron chi connectivity index (χ4n) is 2.03. The normalized spacial score (nSPS) is 10.6. The Hall–Kier alpha value is -1.64. The molecule has 0 aliphatic rings. The fourth-order valence-corrected chi connectivity index (χ4v) is 2.03. The molecule has 0 aliphatic heterocycles. The topological polar surface area (TPSA) is 21.3 Å². The Labute approximate surface area is 115 Å². The van der Waals surface area contributed by atoms with Crippen LogP contribution in [0.4, 0.5) is 0 Å². The molecule has 2 heteroatoms. The molecule has 0 unspecified atom stereocenters. The molecule has 0 amide bonds. The third kappa shape index (κ3) is 4.86. The molecule has 2 aromatic rings. The molecule has 0 fully saturated rings. The van der Waals surface area contributed by atoms with Gasteiger partial charge in [-0.05, 0) is 29.7 Å². The van der Waals surface area contributed by atoms with Crippen LogP contribution in [-0.2, 0) is 24.3 Å². The van der Waals surface area contributed by atoms with Gasteiger partial charge in [0.2, 0.25) is 0 Å². The zero-order valence-corrected chi connectivity index (χ0v) is 11.4. The summed E-state index contributed by atoms with van der Waals surface area (Å²) in [6, 6.07) is 19.1. The summed E-state index contributed by atoms with van der Waals surface area (Å²) in [6.07, 6.45) is 1.07. The van der Waals surface area contributed by atoms with Crippen LogP contribution in [0.5, 0.6) is 0 Å². The lowest BCUT2D eigenvalue weighted by atomic mass is 10.1. The highest BCUT2D eigenvalue weighted by molar-refractivity contribution is 5.22. The van der Waals surface area contributed by atoms with Gasteiger partial charge >= 0.3 is 0 Å². The smallest absolute Gasteiger partial charge is 0.0713 e. The Morgan fingerprint density at radius 1 is 0.842 bits per heavy atom. The minimum atomic E-state index is 0.682. The van der Waals surface area contributed by atoms with E-state index < -0.39 is 0 Å². The molecule has 0 aliphatic carbocycles. The van der Waals surface area contributed by atoms with E-state index in [1.54, 1.807) is 7.11 Å². The van der Waals surface area contributed by atoms with Gasteiger partial charge < -0.3 is 10.1 Å². The molecule has 2 aromatic carbocycles. The number of hydrogen-bond donors (Lipinski definition) is 1. The van der Waals surface area contributed by atoms with E-state index in [0.717, 1.165) is 19.5 Å². The zero-order valence-electron chi connectivity index (χ0n) is 11.4. The van der Waals surface area contributed by atoms with Crippen LogP contribution in [0, 0.1) is 0 Å². The van der Waals surface area contributed by atoms with Crippen molar-refractivity contribution in [1.82, 2.24) is 5.32 Å². The van der Waals surface area contributed by atoms with Crippen LogP contribution < -0.4 is 5.32 Å². The van der Waals surface area contributed by atoms with Gasteiger partial charge in [-0.15, -0.1) is 0 Å². The summed E-state index contributed by atoms with van der Waals surface area (Å²) < 4.78 is 5.10. The maximum atomic E-state index is 5.10. The molecule has 0 bridgehead atoms. The summed E-state index contributed by atoms with van der Waals surface area (Å²) >= 11 is 0. The predicted molar refractivity (Wildman–Crippen MR) is 79.0 cm³/mol. The van der Waals surface area contributed by atoms with Gasteiger partial charge in [0.1, 0.15) is 0 Å². The summed E-state index contributed by atoms with van der Waals surface area (Å²) in [5.41, 5.74) is 3.91. The Morgan fingerprint density at radius 2 is 1.53 bits per heavy atom. The van der Waals surface area contributed by atoms with Gasteiger partial charge in [-0.25, -0.2) is 0 Å². The maximum Gasteiger partial charge on any atom is 0.0713 e. The number of hydrogen-bond acceptors (Lipinski definition) is 2. The summed E-state index contributed by atoms with van der Waals surface area (Å²) in [5, 5.41) is 3.47. The van der Waals surface area contributed by atoms with Crippen molar-refractivity contribution in [3.63, 3.8) is 0 Å². The van der Waals surface area contributed by atoms with Crippen molar-refractivity contribution in [2.75, 3.05) is 13.7 Å². The molecule has 0 atom stereocenters. The molecular weight excluding hydrogens is 234 g/mol. The van der Waals surface area contributed by atoms with Crippen molar-refractivity contribution in [1.29, 1.82) is 0 Å². The second kappa shape index (κ2) is 7.72. The van der Waals surface area contributed by atoms with Crippen LogP contribution in [0.15, 0.2) is 54.6 Å². The quantitative estimate of drug-likeness (QED) is 0.767. The van der Waals surface area contributed by atoms with Crippen LogP contribution in [-0.4, -0.2) is 13.7 Å². The number of ether oxygens (including phenoxy) is 1. The molecule has 0 radical (unpaired) electrons. The molecule has 100 valence electrons. The van der Waals surface area contributed by atoms with E-state index in [9.17, 15) is 0 Å². The van der Waals surface area contributed by atoms with Crippen molar-refractivity contribution in [2.24, 2.45) is 0 Å². The van der Waals surface area contributed by atoms with E-state index in [1.807, 2.05) is 0 Å². The molecule has 2 nitrogen and oxygen atoms in total. The molecule has 0 spiro atoms. The van der Waals surface area contributed by atoms with Crippen molar-refractivity contribution in [2.45, 2.75) is 19.6 Å². The second-order valence-corrected chi connectivity index (χ2v) is 4.66. The van der Waals surface area contributed by atoms with E-state index in [1.165, 1.54) is 16.7 Å². The highest BCUT2D eigenvalue weighted by atomic mass is 16.5.